The number of nitrogens with two attached hydrogens (primary N) is 1. The van der Waals surface area contributed by atoms with Crippen LogP contribution in [0.25, 0.3) is 5.69 Å². The summed E-state index contributed by atoms with van der Waals surface area (Å²) >= 11 is 0. The topological polar surface area (TPSA) is 56.7 Å². The molecule has 17 heavy (non-hydrogen) atoms. The Hall–Kier alpha value is -1.68. The van der Waals surface area contributed by atoms with Crippen LogP contribution < -0.4 is 5.73 Å². The third kappa shape index (κ3) is 2.36. The minimum absolute atomic E-state index is 0.0254. The monoisotopic (exact) mass is 230 g/mol. The fraction of sp³-hybridized carbons (Fsp3) is 0.385. The molecule has 0 aliphatic carbocycles. The first-order valence-corrected chi connectivity index (χ1v) is 6.00. The number of aromatic nitrogens is 3. The summed E-state index contributed by atoms with van der Waals surface area (Å²) in [5.74, 6) is 1.04. The number of hydrogen-bond acceptors (Lipinski definition) is 3. The molecule has 2 heterocycles. The van der Waals surface area contributed by atoms with Crippen molar-refractivity contribution in [3.63, 3.8) is 0 Å². The maximum atomic E-state index is 5.94. The van der Waals surface area contributed by atoms with Gasteiger partial charge in [-0.25, -0.2) is 4.98 Å². The molecule has 90 valence electrons. The van der Waals surface area contributed by atoms with E-state index >= 15 is 0 Å². The number of pyridine rings is 1. The molecule has 0 bridgehead atoms. The molecule has 2 aromatic heterocycles. The molecule has 1 atom stereocenters. The van der Waals surface area contributed by atoms with Gasteiger partial charge in [-0.3, -0.25) is 4.98 Å². The summed E-state index contributed by atoms with van der Waals surface area (Å²) in [6, 6.07) is 4.05. The fourth-order valence-corrected chi connectivity index (χ4v) is 1.80. The second-order valence-corrected chi connectivity index (χ2v) is 4.02. The zero-order chi connectivity index (χ0) is 12.3. The van der Waals surface area contributed by atoms with E-state index < -0.39 is 0 Å². The van der Waals surface area contributed by atoms with Crippen molar-refractivity contribution in [3.8, 4) is 5.69 Å². The predicted octanol–water partition coefficient (Wildman–Crippen LogP) is 2.24. The summed E-state index contributed by atoms with van der Waals surface area (Å²) in [6.07, 6.45) is 7.42. The summed E-state index contributed by atoms with van der Waals surface area (Å²) in [5, 5.41) is 0. The first kappa shape index (κ1) is 11.8. The summed E-state index contributed by atoms with van der Waals surface area (Å²) in [7, 11) is 0. The smallest absolute Gasteiger partial charge is 0.112 e. The van der Waals surface area contributed by atoms with Gasteiger partial charge in [-0.1, -0.05) is 13.8 Å². The Bertz CT molecular complexity index is 472. The van der Waals surface area contributed by atoms with Crippen LogP contribution in [0.5, 0.6) is 0 Å². The van der Waals surface area contributed by atoms with Gasteiger partial charge in [0.15, 0.2) is 0 Å². The number of aryl methyl sites for hydroxylation is 1. The van der Waals surface area contributed by atoms with Crippen LogP contribution in [0.1, 0.15) is 37.8 Å². The van der Waals surface area contributed by atoms with E-state index in [1.54, 1.807) is 0 Å². The van der Waals surface area contributed by atoms with Crippen LogP contribution in [-0.2, 0) is 6.42 Å². The van der Waals surface area contributed by atoms with Gasteiger partial charge >= 0.3 is 0 Å². The highest BCUT2D eigenvalue weighted by molar-refractivity contribution is 5.32. The lowest BCUT2D eigenvalue weighted by atomic mass is 10.1. The zero-order valence-electron chi connectivity index (χ0n) is 10.3. The molecule has 0 radical (unpaired) electrons. The molecular weight excluding hydrogens is 212 g/mol. The second kappa shape index (κ2) is 5.10. The Labute approximate surface area is 102 Å². The summed E-state index contributed by atoms with van der Waals surface area (Å²) in [4.78, 5) is 8.70. The molecule has 0 saturated carbocycles. The fourth-order valence-electron chi connectivity index (χ4n) is 1.80. The lowest BCUT2D eigenvalue weighted by Crippen LogP contribution is -2.11. The van der Waals surface area contributed by atoms with Gasteiger partial charge in [0.1, 0.15) is 5.82 Å². The van der Waals surface area contributed by atoms with E-state index in [0.717, 1.165) is 30.0 Å². The highest BCUT2D eigenvalue weighted by atomic mass is 15.1. The van der Waals surface area contributed by atoms with Gasteiger partial charge in [-0.15, -0.1) is 0 Å². The molecule has 0 spiro atoms. The van der Waals surface area contributed by atoms with Crippen LogP contribution in [0.15, 0.2) is 30.7 Å². The van der Waals surface area contributed by atoms with E-state index in [-0.39, 0.29) is 6.04 Å². The van der Waals surface area contributed by atoms with Crippen LogP contribution >= 0.6 is 0 Å². The molecular formula is C13H18N4. The number of rotatable bonds is 4. The van der Waals surface area contributed by atoms with Gasteiger partial charge < -0.3 is 10.3 Å². The molecule has 4 heteroatoms. The molecule has 2 aromatic rings. The Kier molecular flexibility index (Phi) is 3.54. The molecule has 2 rings (SSSR count). The molecule has 2 N–H and O–H groups in total. The van der Waals surface area contributed by atoms with Gasteiger partial charge in [-0.05, 0) is 18.6 Å². The summed E-state index contributed by atoms with van der Waals surface area (Å²) in [5.41, 5.74) is 7.91. The summed E-state index contributed by atoms with van der Waals surface area (Å²) in [6.45, 7) is 4.15. The quantitative estimate of drug-likeness (QED) is 0.876. The molecule has 0 aliphatic heterocycles. The van der Waals surface area contributed by atoms with Crippen molar-refractivity contribution in [3.05, 3.63) is 42.2 Å². The highest BCUT2D eigenvalue weighted by Gasteiger charge is 2.06. The van der Waals surface area contributed by atoms with Gasteiger partial charge in [0, 0.05) is 24.9 Å². The van der Waals surface area contributed by atoms with Crippen molar-refractivity contribution < 1.29 is 0 Å². The molecule has 0 fully saturated rings. The Morgan fingerprint density at radius 3 is 2.71 bits per heavy atom. The SMILES string of the molecule is CCc1nccn1-c1ccc(C(N)CC)nc1. The second-order valence-electron chi connectivity index (χ2n) is 4.02. The van der Waals surface area contributed by atoms with Gasteiger partial charge in [0.25, 0.3) is 0 Å². The van der Waals surface area contributed by atoms with Crippen molar-refractivity contribution in [2.24, 2.45) is 5.73 Å². The van der Waals surface area contributed by atoms with Crippen LogP contribution in [0, 0.1) is 0 Å². The van der Waals surface area contributed by atoms with E-state index in [9.17, 15) is 0 Å². The highest BCUT2D eigenvalue weighted by Crippen LogP contribution is 2.14. The molecule has 0 saturated heterocycles. The maximum absolute atomic E-state index is 5.94. The third-order valence-corrected chi connectivity index (χ3v) is 2.90. The third-order valence-electron chi connectivity index (χ3n) is 2.90. The van der Waals surface area contributed by atoms with Crippen LogP contribution in [0.3, 0.4) is 0 Å². The van der Waals surface area contributed by atoms with E-state index in [1.807, 2.05) is 35.3 Å². The number of nitrogens with zero attached hydrogens (tertiary/aromatic N) is 3. The van der Waals surface area contributed by atoms with Gasteiger partial charge in [-0.2, -0.15) is 0 Å². The minimum atomic E-state index is 0.0254. The normalized spacial score (nSPS) is 12.6. The van der Waals surface area contributed by atoms with Crippen molar-refractivity contribution >= 4 is 0 Å². The minimum Gasteiger partial charge on any atom is -0.323 e. The summed E-state index contributed by atoms with van der Waals surface area (Å²) < 4.78 is 2.05. The first-order valence-electron chi connectivity index (χ1n) is 6.00. The lowest BCUT2D eigenvalue weighted by Gasteiger charge is -2.10. The van der Waals surface area contributed by atoms with E-state index in [2.05, 4.69) is 23.8 Å². The van der Waals surface area contributed by atoms with Crippen molar-refractivity contribution in [2.45, 2.75) is 32.7 Å². The van der Waals surface area contributed by atoms with Crippen LogP contribution in [0.2, 0.25) is 0 Å². The molecule has 0 aromatic carbocycles. The Morgan fingerprint density at radius 2 is 2.12 bits per heavy atom. The van der Waals surface area contributed by atoms with E-state index in [4.69, 9.17) is 5.73 Å². The predicted molar refractivity (Wildman–Crippen MR) is 68.0 cm³/mol. The van der Waals surface area contributed by atoms with Crippen LogP contribution in [0.4, 0.5) is 0 Å². The first-order chi connectivity index (χ1) is 8.26. The average molecular weight is 230 g/mol. The number of hydrogen-bond donors (Lipinski definition) is 1. The Balaban J connectivity index is 2.29. The maximum Gasteiger partial charge on any atom is 0.112 e. The zero-order valence-corrected chi connectivity index (χ0v) is 10.3. The van der Waals surface area contributed by atoms with E-state index in [1.165, 1.54) is 0 Å². The van der Waals surface area contributed by atoms with Crippen molar-refractivity contribution in [1.82, 2.24) is 14.5 Å². The van der Waals surface area contributed by atoms with Gasteiger partial charge in [0.2, 0.25) is 0 Å². The average Bonchev–Trinajstić information content (AvgIpc) is 2.86. The van der Waals surface area contributed by atoms with Crippen molar-refractivity contribution in [1.29, 1.82) is 0 Å². The van der Waals surface area contributed by atoms with Crippen LogP contribution in [-0.4, -0.2) is 14.5 Å². The molecule has 4 nitrogen and oxygen atoms in total. The molecule has 0 aliphatic rings. The standard InChI is InChI=1S/C13H18N4/c1-3-11(14)12-6-5-10(9-16-12)17-8-7-15-13(17)4-2/h5-9,11H,3-4,14H2,1-2H3. The van der Waals surface area contributed by atoms with Gasteiger partial charge in [0.05, 0.1) is 17.6 Å². The largest absolute Gasteiger partial charge is 0.323 e. The van der Waals surface area contributed by atoms with E-state index in [0.29, 0.717) is 0 Å². The molecule has 1 unspecified atom stereocenters. The molecule has 0 amide bonds. The lowest BCUT2D eigenvalue weighted by molar-refractivity contribution is 0.674. The van der Waals surface area contributed by atoms with Crippen molar-refractivity contribution in [2.75, 3.05) is 0 Å². The number of imidazole rings is 1. The Morgan fingerprint density at radius 1 is 1.29 bits per heavy atom.